The molecule has 0 aromatic rings. The minimum atomic E-state index is -0.788. The highest BCUT2D eigenvalue weighted by molar-refractivity contribution is 5.71. The van der Waals surface area contributed by atoms with Gasteiger partial charge in [-0.2, -0.15) is 0 Å². The van der Waals surface area contributed by atoms with Gasteiger partial charge in [-0.15, -0.1) is 0 Å². The highest BCUT2D eigenvalue weighted by atomic mass is 16.6. The minimum Gasteiger partial charge on any atom is -0.462 e. The lowest BCUT2D eigenvalue weighted by molar-refractivity contribution is -0.167. The Hall–Kier alpha value is -3.15. The first kappa shape index (κ1) is 63.8. The average Bonchev–Trinajstić information content (AvgIpc) is 3.33. The van der Waals surface area contributed by atoms with E-state index in [9.17, 15) is 14.4 Å². The van der Waals surface area contributed by atoms with Crippen LogP contribution in [0.1, 0.15) is 278 Å². The van der Waals surface area contributed by atoms with Gasteiger partial charge in [0, 0.05) is 19.3 Å². The Kier molecular flexibility index (Phi) is 52.8. The zero-order valence-electron chi connectivity index (χ0n) is 44.2. The van der Waals surface area contributed by atoms with Gasteiger partial charge in [0.25, 0.3) is 0 Å². The second-order valence-electron chi connectivity index (χ2n) is 18.8. The van der Waals surface area contributed by atoms with Gasteiger partial charge in [0.05, 0.1) is 0 Å². The van der Waals surface area contributed by atoms with E-state index in [4.69, 9.17) is 14.2 Å². The van der Waals surface area contributed by atoms with Crippen molar-refractivity contribution in [3.05, 3.63) is 72.9 Å². The van der Waals surface area contributed by atoms with Crippen LogP contribution in [0, 0.1) is 0 Å². The van der Waals surface area contributed by atoms with Crippen molar-refractivity contribution in [3.8, 4) is 0 Å². The summed E-state index contributed by atoms with van der Waals surface area (Å²) < 4.78 is 16.8. The molecule has 0 heterocycles. The third-order valence-corrected chi connectivity index (χ3v) is 12.2. The number of esters is 3. The fourth-order valence-corrected chi connectivity index (χ4v) is 7.88. The maximum atomic E-state index is 12.8. The Balaban J connectivity index is 4.40. The van der Waals surface area contributed by atoms with E-state index in [2.05, 4.69) is 93.7 Å². The van der Waals surface area contributed by atoms with Gasteiger partial charge in [-0.1, -0.05) is 229 Å². The van der Waals surface area contributed by atoms with Gasteiger partial charge in [-0.25, -0.2) is 0 Å². The van der Waals surface area contributed by atoms with Gasteiger partial charge in [0.2, 0.25) is 0 Å². The molecule has 0 aromatic heterocycles. The summed E-state index contributed by atoms with van der Waals surface area (Å²) in [5, 5.41) is 0. The summed E-state index contributed by atoms with van der Waals surface area (Å²) in [5.74, 6) is -0.907. The first-order valence-electron chi connectivity index (χ1n) is 28.4. The number of rotatable bonds is 51. The number of carbonyl (C=O) groups excluding carboxylic acids is 3. The second-order valence-corrected chi connectivity index (χ2v) is 18.8. The molecule has 6 heteroatoms. The maximum absolute atomic E-state index is 12.8. The molecule has 1 atom stereocenters. The van der Waals surface area contributed by atoms with Gasteiger partial charge in [0.1, 0.15) is 13.2 Å². The van der Waals surface area contributed by atoms with E-state index in [0.717, 1.165) is 103 Å². The molecular weight excluding hydrogens is 829 g/mol. The molecule has 386 valence electrons. The average molecular weight is 936 g/mol. The SMILES string of the molecule is CC/C=C\C/C=C\C/C=C\CCCCCCCCCC(=O)OC(COC(=O)CCCCCCC/C=C\C/C=C\CCCC)COC(=O)CCCCCCCCC/C=C\CCCCCCCCC. The molecule has 0 fully saturated rings. The van der Waals surface area contributed by atoms with E-state index in [1.807, 2.05) is 0 Å². The lowest BCUT2D eigenvalue weighted by Crippen LogP contribution is -2.30. The Morgan fingerprint density at radius 1 is 0.313 bits per heavy atom. The molecular formula is C61H106O6. The summed E-state index contributed by atoms with van der Waals surface area (Å²) in [7, 11) is 0. The molecule has 0 saturated carbocycles. The van der Waals surface area contributed by atoms with Crippen molar-refractivity contribution < 1.29 is 28.6 Å². The molecule has 0 radical (unpaired) electrons. The summed E-state index contributed by atoms with van der Waals surface area (Å²) in [6.07, 6.45) is 70.3. The molecule has 0 rings (SSSR count). The monoisotopic (exact) mass is 935 g/mol. The molecule has 0 amide bonds. The summed E-state index contributed by atoms with van der Waals surface area (Å²) >= 11 is 0. The van der Waals surface area contributed by atoms with E-state index < -0.39 is 6.10 Å². The molecule has 0 spiro atoms. The third kappa shape index (κ3) is 53.7. The number of hydrogen-bond donors (Lipinski definition) is 0. The van der Waals surface area contributed by atoms with Crippen molar-refractivity contribution in [1.82, 2.24) is 0 Å². The van der Waals surface area contributed by atoms with Gasteiger partial charge >= 0.3 is 17.9 Å². The highest BCUT2D eigenvalue weighted by Gasteiger charge is 2.19. The fourth-order valence-electron chi connectivity index (χ4n) is 7.88. The zero-order valence-corrected chi connectivity index (χ0v) is 44.2. The van der Waals surface area contributed by atoms with E-state index in [-0.39, 0.29) is 31.1 Å². The molecule has 0 aliphatic rings. The topological polar surface area (TPSA) is 78.9 Å². The van der Waals surface area contributed by atoms with E-state index in [1.165, 1.54) is 135 Å². The number of ether oxygens (including phenoxy) is 3. The smallest absolute Gasteiger partial charge is 0.306 e. The predicted molar refractivity (Wildman–Crippen MR) is 288 cm³/mol. The molecule has 1 unspecified atom stereocenters. The van der Waals surface area contributed by atoms with Crippen molar-refractivity contribution in [2.45, 2.75) is 284 Å². The standard InChI is InChI=1S/C61H106O6/c1-4-7-10-13-16-19-22-25-28-30-32-33-36-39-42-45-48-51-54-60(63)66-57-58(56-65-59(62)53-50-47-44-41-38-35-27-24-21-18-15-12-9-6-3)67-61(64)55-52-49-46-43-40-37-34-31-29-26-23-20-17-14-11-8-5-2/h8,11,15,17-18,20,24,26-30,58H,4-7,9-10,12-14,16,19,21-23,25,31-57H2,1-3H3/b11-8-,18-15-,20-17-,27-24-,29-26-,30-28-. The molecule has 0 N–H and O–H groups in total. The molecule has 0 aliphatic carbocycles. The van der Waals surface area contributed by atoms with Crippen molar-refractivity contribution in [2.75, 3.05) is 13.2 Å². The summed E-state index contributed by atoms with van der Waals surface area (Å²) in [4.78, 5) is 38.1. The summed E-state index contributed by atoms with van der Waals surface area (Å²) in [6, 6.07) is 0. The molecule has 0 saturated heterocycles. The highest BCUT2D eigenvalue weighted by Crippen LogP contribution is 2.15. The minimum absolute atomic E-state index is 0.0858. The van der Waals surface area contributed by atoms with Crippen LogP contribution in [0.25, 0.3) is 0 Å². The van der Waals surface area contributed by atoms with Gasteiger partial charge in [0.15, 0.2) is 6.10 Å². The van der Waals surface area contributed by atoms with Crippen LogP contribution in [0.5, 0.6) is 0 Å². The van der Waals surface area contributed by atoms with E-state index in [0.29, 0.717) is 19.3 Å². The quantitative estimate of drug-likeness (QED) is 0.0262. The van der Waals surface area contributed by atoms with Crippen LogP contribution < -0.4 is 0 Å². The number of allylic oxidation sites excluding steroid dienone is 12. The first-order valence-corrected chi connectivity index (χ1v) is 28.4. The van der Waals surface area contributed by atoms with Crippen LogP contribution in [-0.4, -0.2) is 37.2 Å². The Morgan fingerprint density at radius 2 is 0.597 bits per heavy atom. The maximum Gasteiger partial charge on any atom is 0.306 e. The van der Waals surface area contributed by atoms with Crippen LogP contribution in [0.3, 0.4) is 0 Å². The van der Waals surface area contributed by atoms with Crippen molar-refractivity contribution >= 4 is 17.9 Å². The third-order valence-electron chi connectivity index (χ3n) is 12.2. The van der Waals surface area contributed by atoms with Crippen LogP contribution in [0.2, 0.25) is 0 Å². The molecule has 0 aromatic carbocycles. The fraction of sp³-hybridized carbons (Fsp3) is 0.754. The van der Waals surface area contributed by atoms with Gasteiger partial charge in [-0.3, -0.25) is 14.4 Å². The van der Waals surface area contributed by atoms with Crippen molar-refractivity contribution in [3.63, 3.8) is 0 Å². The van der Waals surface area contributed by atoms with Crippen LogP contribution >= 0.6 is 0 Å². The van der Waals surface area contributed by atoms with Crippen LogP contribution in [0.4, 0.5) is 0 Å². The lowest BCUT2D eigenvalue weighted by Gasteiger charge is -2.18. The van der Waals surface area contributed by atoms with Gasteiger partial charge < -0.3 is 14.2 Å². The van der Waals surface area contributed by atoms with Gasteiger partial charge in [-0.05, 0) is 103 Å². The summed E-state index contributed by atoms with van der Waals surface area (Å²) in [5.41, 5.74) is 0. The number of carbonyl (C=O) groups is 3. The zero-order chi connectivity index (χ0) is 48.6. The van der Waals surface area contributed by atoms with E-state index in [1.54, 1.807) is 0 Å². The molecule has 0 bridgehead atoms. The lowest BCUT2D eigenvalue weighted by atomic mass is 10.1. The predicted octanol–water partition coefficient (Wildman–Crippen LogP) is 19.0. The van der Waals surface area contributed by atoms with Crippen molar-refractivity contribution in [2.24, 2.45) is 0 Å². The van der Waals surface area contributed by atoms with Crippen molar-refractivity contribution in [1.29, 1.82) is 0 Å². The molecule has 0 aliphatic heterocycles. The van der Waals surface area contributed by atoms with Crippen LogP contribution in [0.15, 0.2) is 72.9 Å². The molecule has 6 nitrogen and oxygen atoms in total. The Labute approximate surface area is 414 Å². The first-order chi connectivity index (χ1) is 33.0. The number of hydrogen-bond acceptors (Lipinski definition) is 6. The Bertz CT molecular complexity index is 1260. The molecule has 67 heavy (non-hydrogen) atoms. The summed E-state index contributed by atoms with van der Waals surface area (Å²) in [6.45, 7) is 6.48. The number of unbranched alkanes of at least 4 members (excludes halogenated alkanes) is 28. The largest absolute Gasteiger partial charge is 0.462 e. The van der Waals surface area contributed by atoms with E-state index >= 15 is 0 Å². The Morgan fingerprint density at radius 3 is 0.970 bits per heavy atom. The normalized spacial score (nSPS) is 12.6. The van der Waals surface area contributed by atoms with Crippen LogP contribution in [-0.2, 0) is 28.6 Å². The second kappa shape index (κ2) is 55.4.